The molecule has 0 radical (unpaired) electrons. The first kappa shape index (κ1) is 9.65. The molecule has 0 aliphatic heterocycles. The monoisotopic (exact) mass is 225 g/mol. The Morgan fingerprint density at radius 3 is 2.59 bits per heavy atom. The van der Waals surface area contributed by atoms with Gasteiger partial charge in [0.05, 0.1) is 11.4 Å². The maximum Gasteiger partial charge on any atom is 0.145 e. The van der Waals surface area contributed by atoms with Gasteiger partial charge in [-0.05, 0) is 23.8 Å². The highest BCUT2D eigenvalue weighted by atomic mass is 15.3. The van der Waals surface area contributed by atoms with Crippen molar-refractivity contribution in [2.75, 3.05) is 5.73 Å². The van der Waals surface area contributed by atoms with Crippen LogP contribution in [0.4, 0.5) is 5.82 Å². The quantitative estimate of drug-likeness (QED) is 0.699. The number of nitrogens with one attached hydrogen (secondary N) is 1. The van der Waals surface area contributed by atoms with Crippen LogP contribution in [0.5, 0.6) is 0 Å². The molecule has 5 heteroatoms. The van der Waals surface area contributed by atoms with Gasteiger partial charge in [-0.25, -0.2) is 4.68 Å². The Bertz CT molecular complexity index is 607. The summed E-state index contributed by atoms with van der Waals surface area (Å²) >= 11 is 0. The van der Waals surface area contributed by atoms with E-state index in [1.165, 1.54) is 0 Å². The van der Waals surface area contributed by atoms with Gasteiger partial charge in [-0.1, -0.05) is 12.1 Å². The highest BCUT2D eigenvalue weighted by Gasteiger charge is 2.02. The van der Waals surface area contributed by atoms with Gasteiger partial charge < -0.3 is 5.73 Å². The summed E-state index contributed by atoms with van der Waals surface area (Å²) in [7, 11) is 0. The molecule has 0 saturated heterocycles. The SMILES string of the molecule is Nc1cc(-c2ccc(-n3cccn3)cc2)[nH]n1. The average molecular weight is 225 g/mol. The molecule has 0 fully saturated rings. The van der Waals surface area contributed by atoms with E-state index < -0.39 is 0 Å². The standard InChI is InChI=1S/C12H11N5/c13-12-8-11(15-16-12)9-2-4-10(5-3-9)17-7-1-6-14-17/h1-8H,(H3,13,15,16). The van der Waals surface area contributed by atoms with Gasteiger partial charge in [0.25, 0.3) is 0 Å². The molecule has 0 unspecified atom stereocenters. The molecule has 84 valence electrons. The molecule has 0 aliphatic rings. The van der Waals surface area contributed by atoms with Crippen molar-refractivity contribution in [2.24, 2.45) is 0 Å². The topological polar surface area (TPSA) is 72.5 Å². The summed E-state index contributed by atoms with van der Waals surface area (Å²) in [5.74, 6) is 0.496. The van der Waals surface area contributed by atoms with Crippen LogP contribution in [0, 0.1) is 0 Å². The lowest BCUT2D eigenvalue weighted by molar-refractivity contribution is 0.880. The first-order valence-electron chi connectivity index (χ1n) is 5.24. The zero-order valence-corrected chi connectivity index (χ0v) is 9.04. The Hall–Kier alpha value is -2.56. The van der Waals surface area contributed by atoms with E-state index in [9.17, 15) is 0 Å². The third kappa shape index (κ3) is 1.78. The Labute approximate surface area is 97.9 Å². The zero-order chi connectivity index (χ0) is 11.7. The van der Waals surface area contributed by atoms with Crippen LogP contribution < -0.4 is 5.73 Å². The number of anilines is 1. The van der Waals surface area contributed by atoms with Gasteiger partial charge in [-0.2, -0.15) is 10.2 Å². The predicted octanol–water partition coefficient (Wildman–Crippen LogP) is 1.84. The van der Waals surface area contributed by atoms with E-state index in [2.05, 4.69) is 15.3 Å². The van der Waals surface area contributed by atoms with E-state index in [0.717, 1.165) is 16.9 Å². The molecule has 5 nitrogen and oxygen atoms in total. The molecule has 0 saturated carbocycles. The second-order valence-corrected chi connectivity index (χ2v) is 3.70. The van der Waals surface area contributed by atoms with Crippen molar-refractivity contribution < 1.29 is 0 Å². The number of aromatic amines is 1. The minimum absolute atomic E-state index is 0.496. The number of hydrogen-bond acceptors (Lipinski definition) is 3. The maximum atomic E-state index is 5.57. The van der Waals surface area contributed by atoms with E-state index in [1.807, 2.05) is 47.3 Å². The van der Waals surface area contributed by atoms with E-state index in [4.69, 9.17) is 5.73 Å². The van der Waals surface area contributed by atoms with Gasteiger partial charge in [-0.15, -0.1) is 0 Å². The van der Waals surface area contributed by atoms with Gasteiger partial charge in [0, 0.05) is 18.5 Å². The largest absolute Gasteiger partial charge is 0.382 e. The smallest absolute Gasteiger partial charge is 0.145 e. The van der Waals surface area contributed by atoms with Gasteiger partial charge in [0.1, 0.15) is 5.82 Å². The number of H-pyrrole nitrogens is 1. The van der Waals surface area contributed by atoms with E-state index in [1.54, 1.807) is 6.20 Å². The highest BCUT2D eigenvalue weighted by Crippen LogP contribution is 2.19. The molecule has 0 amide bonds. The zero-order valence-electron chi connectivity index (χ0n) is 9.04. The van der Waals surface area contributed by atoms with Crippen molar-refractivity contribution in [3.05, 3.63) is 48.8 Å². The number of nitrogens with two attached hydrogens (primary N) is 1. The van der Waals surface area contributed by atoms with E-state index >= 15 is 0 Å². The summed E-state index contributed by atoms with van der Waals surface area (Å²) in [5.41, 5.74) is 8.54. The number of hydrogen-bond donors (Lipinski definition) is 2. The number of nitrogens with zero attached hydrogens (tertiary/aromatic N) is 3. The number of nitrogen functional groups attached to an aromatic ring is 1. The molecule has 0 atom stereocenters. The third-order valence-electron chi connectivity index (χ3n) is 2.54. The van der Waals surface area contributed by atoms with Crippen LogP contribution in [0.15, 0.2) is 48.8 Å². The van der Waals surface area contributed by atoms with E-state index in [-0.39, 0.29) is 0 Å². The van der Waals surface area contributed by atoms with Crippen LogP contribution in [-0.4, -0.2) is 20.0 Å². The van der Waals surface area contributed by atoms with Crippen LogP contribution in [0.3, 0.4) is 0 Å². The lowest BCUT2D eigenvalue weighted by atomic mass is 10.1. The summed E-state index contributed by atoms with van der Waals surface area (Å²) in [6.07, 6.45) is 3.66. The Kier molecular flexibility index (Phi) is 2.15. The van der Waals surface area contributed by atoms with Crippen molar-refractivity contribution in [3.8, 4) is 16.9 Å². The minimum Gasteiger partial charge on any atom is -0.382 e. The van der Waals surface area contributed by atoms with Crippen molar-refractivity contribution in [3.63, 3.8) is 0 Å². The summed E-state index contributed by atoms with van der Waals surface area (Å²) in [5, 5.41) is 10.9. The summed E-state index contributed by atoms with van der Waals surface area (Å²) in [4.78, 5) is 0. The molecule has 0 aliphatic carbocycles. The van der Waals surface area contributed by atoms with Crippen molar-refractivity contribution in [1.29, 1.82) is 0 Å². The normalized spacial score (nSPS) is 10.6. The number of rotatable bonds is 2. The molecule has 3 rings (SSSR count). The van der Waals surface area contributed by atoms with Crippen LogP contribution in [-0.2, 0) is 0 Å². The molecule has 2 heterocycles. The third-order valence-corrected chi connectivity index (χ3v) is 2.54. The molecule has 3 N–H and O–H groups in total. The predicted molar refractivity (Wildman–Crippen MR) is 65.6 cm³/mol. The lowest BCUT2D eigenvalue weighted by Gasteiger charge is -2.02. The summed E-state index contributed by atoms with van der Waals surface area (Å²) in [6, 6.07) is 11.7. The van der Waals surface area contributed by atoms with Crippen molar-refractivity contribution >= 4 is 5.82 Å². The minimum atomic E-state index is 0.496. The molecule has 0 bridgehead atoms. The van der Waals surface area contributed by atoms with Crippen LogP contribution in [0.1, 0.15) is 0 Å². The van der Waals surface area contributed by atoms with E-state index in [0.29, 0.717) is 5.82 Å². The maximum absolute atomic E-state index is 5.57. The second kappa shape index (κ2) is 3.79. The Morgan fingerprint density at radius 2 is 2.00 bits per heavy atom. The second-order valence-electron chi connectivity index (χ2n) is 3.70. The summed E-state index contributed by atoms with van der Waals surface area (Å²) < 4.78 is 1.81. The fourth-order valence-electron chi connectivity index (χ4n) is 1.70. The highest BCUT2D eigenvalue weighted by molar-refractivity contribution is 5.63. The molecule has 0 spiro atoms. The Balaban J connectivity index is 1.95. The molecular weight excluding hydrogens is 214 g/mol. The molecule has 2 aromatic heterocycles. The first-order chi connectivity index (χ1) is 8.33. The van der Waals surface area contributed by atoms with Crippen LogP contribution in [0.25, 0.3) is 16.9 Å². The first-order valence-corrected chi connectivity index (χ1v) is 5.24. The molecule has 3 aromatic rings. The number of aromatic nitrogens is 4. The molecule has 1 aromatic carbocycles. The van der Waals surface area contributed by atoms with Gasteiger partial charge in [0.15, 0.2) is 0 Å². The number of benzene rings is 1. The van der Waals surface area contributed by atoms with Gasteiger partial charge >= 0.3 is 0 Å². The van der Waals surface area contributed by atoms with Crippen molar-refractivity contribution in [1.82, 2.24) is 20.0 Å². The van der Waals surface area contributed by atoms with Gasteiger partial charge in [0.2, 0.25) is 0 Å². The fourth-order valence-corrected chi connectivity index (χ4v) is 1.70. The lowest BCUT2D eigenvalue weighted by Crippen LogP contribution is -1.93. The van der Waals surface area contributed by atoms with Crippen LogP contribution in [0.2, 0.25) is 0 Å². The molecule has 17 heavy (non-hydrogen) atoms. The average Bonchev–Trinajstić information content (AvgIpc) is 3.00. The van der Waals surface area contributed by atoms with Gasteiger partial charge in [-0.3, -0.25) is 5.10 Å². The Morgan fingerprint density at radius 1 is 1.18 bits per heavy atom. The molecular formula is C12H11N5. The summed E-state index contributed by atoms with van der Waals surface area (Å²) in [6.45, 7) is 0. The van der Waals surface area contributed by atoms with Crippen LogP contribution >= 0.6 is 0 Å². The fraction of sp³-hybridized carbons (Fsp3) is 0. The van der Waals surface area contributed by atoms with Crippen molar-refractivity contribution in [2.45, 2.75) is 0 Å².